The number of aromatic nitrogens is 2. The molecule has 106 valence electrons. The molecule has 0 bridgehead atoms. The van der Waals surface area contributed by atoms with E-state index < -0.39 is 0 Å². The molecule has 0 fully saturated rings. The monoisotopic (exact) mass is 278 g/mol. The second kappa shape index (κ2) is 6.61. The van der Waals surface area contributed by atoms with E-state index in [1.54, 1.807) is 6.20 Å². The van der Waals surface area contributed by atoms with E-state index in [1.165, 1.54) is 11.1 Å². The van der Waals surface area contributed by atoms with E-state index in [4.69, 9.17) is 0 Å². The maximum atomic E-state index is 4.33. The minimum absolute atomic E-state index is 0.755. The summed E-state index contributed by atoms with van der Waals surface area (Å²) in [7, 11) is 0. The standard InChI is InChI=1S/C17H18N4/c1-3-7-15(8-4-1)13-19-17-18-11-12-21(17)20-14-16-9-5-2-6-10-16/h1-12,20H,13-14H2,(H,18,19). The third kappa shape index (κ3) is 3.63. The summed E-state index contributed by atoms with van der Waals surface area (Å²) in [6, 6.07) is 20.6. The quantitative estimate of drug-likeness (QED) is 0.727. The number of hydrogen-bond donors (Lipinski definition) is 2. The molecule has 1 heterocycles. The summed E-state index contributed by atoms with van der Waals surface area (Å²) in [5.74, 6) is 0.815. The van der Waals surface area contributed by atoms with Gasteiger partial charge in [-0.3, -0.25) is 0 Å². The molecule has 2 aromatic carbocycles. The van der Waals surface area contributed by atoms with Gasteiger partial charge in [-0.1, -0.05) is 60.7 Å². The van der Waals surface area contributed by atoms with Gasteiger partial charge in [-0.25, -0.2) is 9.66 Å². The molecule has 0 aliphatic rings. The first-order chi connectivity index (χ1) is 10.4. The lowest BCUT2D eigenvalue weighted by Crippen LogP contribution is -2.17. The molecule has 0 aliphatic carbocycles. The van der Waals surface area contributed by atoms with E-state index >= 15 is 0 Å². The van der Waals surface area contributed by atoms with Gasteiger partial charge in [-0.05, 0) is 11.1 Å². The molecule has 0 aliphatic heterocycles. The summed E-state index contributed by atoms with van der Waals surface area (Å²) in [4.78, 5) is 4.33. The molecule has 0 atom stereocenters. The summed E-state index contributed by atoms with van der Waals surface area (Å²) in [6.07, 6.45) is 3.70. The molecule has 21 heavy (non-hydrogen) atoms. The van der Waals surface area contributed by atoms with Crippen LogP contribution in [-0.4, -0.2) is 9.66 Å². The smallest absolute Gasteiger partial charge is 0.222 e. The third-order valence-corrected chi connectivity index (χ3v) is 3.23. The molecule has 0 saturated carbocycles. The Morgan fingerprint density at radius 2 is 1.43 bits per heavy atom. The third-order valence-electron chi connectivity index (χ3n) is 3.23. The van der Waals surface area contributed by atoms with Crippen molar-refractivity contribution in [1.82, 2.24) is 9.66 Å². The number of rotatable bonds is 6. The molecular formula is C17H18N4. The summed E-state index contributed by atoms with van der Waals surface area (Å²) in [5, 5.41) is 3.34. The second-order valence-electron chi connectivity index (χ2n) is 4.78. The first-order valence-corrected chi connectivity index (χ1v) is 7.01. The molecule has 0 saturated heterocycles. The SMILES string of the molecule is c1ccc(CNc2nccn2NCc2ccccc2)cc1. The Hall–Kier alpha value is -2.75. The summed E-state index contributed by atoms with van der Waals surface area (Å²) >= 11 is 0. The lowest BCUT2D eigenvalue weighted by atomic mass is 10.2. The number of benzene rings is 2. The Bertz CT molecular complexity index is 604. The van der Waals surface area contributed by atoms with Crippen LogP contribution in [-0.2, 0) is 13.1 Å². The molecule has 0 unspecified atom stereocenters. The van der Waals surface area contributed by atoms with Crippen LogP contribution >= 0.6 is 0 Å². The molecule has 0 amide bonds. The number of anilines is 1. The zero-order chi connectivity index (χ0) is 14.3. The molecule has 3 aromatic rings. The fourth-order valence-electron chi connectivity index (χ4n) is 2.11. The summed E-state index contributed by atoms with van der Waals surface area (Å²) in [6.45, 7) is 1.52. The second-order valence-corrected chi connectivity index (χ2v) is 4.78. The van der Waals surface area contributed by atoms with Crippen LogP contribution in [0.4, 0.5) is 5.95 Å². The van der Waals surface area contributed by atoms with Gasteiger partial charge >= 0.3 is 0 Å². The molecular weight excluding hydrogens is 260 g/mol. The van der Waals surface area contributed by atoms with Crippen molar-refractivity contribution >= 4 is 5.95 Å². The van der Waals surface area contributed by atoms with Gasteiger partial charge in [-0.2, -0.15) is 0 Å². The van der Waals surface area contributed by atoms with E-state index in [0.717, 1.165) is 19.0 Å². The fraction of sp³-hybridized carbons (Fsp3) is 0.118. The van der Waals surface area contributed by atoms with Crippen LogP contribution in [0.2, 0.25) is 0 Å². The van der Waals surface area contributed by atoms with E-state index in [1.807, 2.05) is 47.3 Å². The van der Waals surface area contributed by atoms with Gasteiger partial charge in [0, 0.05) is 18.9 Å². The number of hydrogen-bond acceptors (Lipinski definition) is 3. The zero-order valence-electron chi connectivity index (χ0n) is 11.7. The van der Waals surface area contributed by atoms with Gasteiger partial charge in [0.05, 0.1) is 6.54 Å². The van der Waals surface area contributed by atoms with Gasteiger partial charge in [0.15, 0.2) is 0 Å². The highest BCUT2D eigenvalue weighted by molar-refractivity contribution is 5.30. The van der Waals surface area contributed by atoms with Crippen molar-refractivity contribution in [3.05, 3.63) is 84.2 Å². The average Bonchev–Trinajstić information content (AvgIpc) is 3.00. The predicted molar refractivity (Wildman–Crippen MR) is 85.5 cm³/mol. The van der Waals surface area contributed by atoms with Crippen molar-refractivity contribution in [2.24, 2.45) is 0 Å². The van der Waals surface area contributed by atoms with Crippen LogP contribution < -0.4 is 10.7 Å². The van der Waals surface area contributed by atoms with Crippen molar-refractivity contribution < 1.29 is 0 Å². The zero-order valence-corrected chi connectivity index (χ0v) is 11.7. The Labute approximate surface area is 124 Å². The molecule has 0 spiro atoms. The van der Waals surface area contributed by atoms with Crippen LogP contribution in [0.25, 0.3) is 0 Å². The molecule has 3 rings (SSSR count). The molecule has 4 nitrogen and oxygen atoms in total. The van der Waals surface area contributed by atoms with Crippen molar-refractivity contribution in [2.45, 2.75) is 13.1 Å². The Morgan fingerprint density at radius 3 is 2.10 bits per heavy atom. The number of nitrogens with zero attached hydrogens (tertiary/aromatic N) is 2. The van der Waals surface area contributed by atoms with E-state index in [-0.39, 0.29) is 0 Å². The lowest BCUT2D eigenvalue weighted by Gasteiger charge is -2.12. The predicted octanol–water partition coefficient (Wildman–Crippen LogP) is 3.24. The highest BCUT2D eigenvalue weighted by Gasteiger charge is 2.01. The summed E-state index contributed by atoms with van der Waals surface area (Å²) < 4.78 is 1.91. The van der Waals surface area contributed by atoms with E-state index in [2.05, 4.69) is 40.0 Å². The average molecular weight is 278 g/mol. The first-order valence-electron chi connectivity index (χ1n) is 7.01. The molecule has 4 heteroatoms. The number of imidazole rings is 1. The lowest BCUT2D eigenvalue weighted by molar-refractivity contribution is 0.836. The van der Waals surface area contributed by atoms with Crippen LogP contribution in [0.5, 0.6) is 0 Å². The van der Waals surface area contributed by atoms with Crippen molar-refractivity contribution in [1.29, 1.82) is 0 Å². The normalized spacial score (nSPS) is 10.3. The van der Waals surface area contributed by atoms with Gasteiger partial charge in [-0.15, -0.1) is 0 Å². The first kappa shape index (κ1) is 13.2. The molecule has 2 N–H and O–H groups in total. The Balaban J connectivity index is 1.59. The maximum absolute atomic E-state index is 4.33. The maximum Gasteiger partial charge on any atom is 0.222 e. The minimum Gasteiger partial charge on any atom is -0.350 e. The molecule has 0 radical (unpaired) electrons. The van der Waals surface area contributed by atoms with Crippen molar-refractivity contribution in [3.63, 3.8) is 0 Å². The molecule has 1 aromatic heterocycles. The van der Waals surface area contributed by atoms with Crippen LogP contribution in [0.1, 0.15) is 11.1 Å². The van der Waals surface area contributed by atoms with E-state index in [0.29, 0.717) is 0 Å². The van der Waals surface area contributed by atoms with Crippen LogP contribution in [0.15, 0.2) is 73.1 Å². The van der Waals surface area contributed by atoms with Crippen molar-refractivity contribution in [2.75, 3.05) is 10.7 Å². The fourth-order valence-corrected chi connectivity index (χ4v) is 2.11. The number of nitrogens with one attached hydrogen (secondary N) is 2. The Morgan fingerprint density at radius 1 is 0.810 bits per heavy atom. The van der Waals surface area contributed by atoms with Gasteiger partial charge in [0.1, 0.15) is 0 Å². The van der Waals surface area contributed by atoms with Gasteiger partial charge in [0.2, 0.25) is 5.95 Å². The van der Waals surface area contributed by atoms with Gasteiger partial charge in [0.25, 0.3) is 0 Å². The highest BCUT2D eigenvalue weighted by Crippen LogP contribution is 2.07. The van der Waals surface area contributed by atoms with E-state index in [9.17, 15) is 0 Å². The van der Waals surface area contributed by atoms with Crippen LogP contribution in [0.3, 0.4) is 0 Å². The largest absolute Gasteiger partial charge is 0.350 e. The summed E-state index contributed by atoms with van der Waals surface area (Å²) in [5.41, 5.74) is 5.81. The highest BCUT2D eigenvalue weighted by atomic mass is 15.5. The van der Waals surface area contributed by atoms with Crippen molar-refractivity contribution in [3.8, 4) is 0 Å². The van der Waals surface area contributed by atoms with Crippen LogP contribution in [0, 0.1) is 0 Å². The minimum atomic E-state index is 0.755. The topological polar surface area (TPSA) is 41.9 Å². The Kier molecular flexibility index (Phi) is 4.17. The van der Waals surface area contributed by atoms with Gasteiger partial charge < -0.3 is 10.7 Å².